The number of aliphatic hydroxyl groups excluding tert-OH is 1. The molecule has 0 spiro atoms. The van der Waals surface area contributed by atoms with Crippen LogP contribution in [0.3, 0.4) is 0 Å². The molecule has 4 rings (SSSR count). The maximum atomic E-state index is 12.5. The van der Waals surface area contributed by atoms with Crippen LogP contribution in [0.15, 0.2) is 48.5 Å². The molecule has 1 aliphatic heterocycles. The van der Waals surface area contributed by atoms with Crippen molar-refractivity contribution in [2.24, 2.45) is 0 Å². The van der Waals surface area contributed by atoms with Gasteiger partial charge in [-0.05, 0) is 43.0 Å². The van der Waals surface area contributed by atoms with E-state index in [9.17, 15) is 9.90 Å². The normalized spacial score (nSPS) is 15.2. The Balaban J connectivity index is 1.34. The third-order valence-corrected chi connectivity index (χ3v) is 5.81. The number of halogens is 1. The van der Waals surface area contributed by atoms with Gasteiger partial charge in [-0.15, -0.1) is 5.10 Å². The number of nitrogens with one attached hydrogen (secondary N) is 1. The summed E-state index contributed by atoms with van der Waals surface area (Å²) in [5, 5.41) is 17.4. The fraction of sp³-hybridized carbons (Fsp3) is 0.348. The van der Waals surface area contributed by atoms with E-state index in [1.807, 2.05) is 30.3 Å². The summed E-state index contributed by atoms with van der Waals surface area (Å²) < 4.78 is 1.58. The van der Waals surface area contributed by atoms with Crippen LogP contribution in [0, 0.1) is 6.92 Å². The maximum absolute atomic E-state index is 12.5. The average molecular weight is 440 g/mol. The molecule has 3 aromatic rings. The number of carbonyl (C=O) groups excluding carboxylic acids is 1. The van der Waals surface area contributed by atoms with Crippen molar-refractivity contribution in [1.29, 1.82) is 0 Å². The van der Waals surface area contributed by atoms with Crippen molar-refractivity contribution in [3.05, 3.63) is 76.3 Å². The molecular weight excluding hydrogens is 414 g/mol. The molecule has 2 aromatic carbocycles. The Kier molecular flexibility index (Phi) is 6.65. The van der Waals surface area contributed by atoms with Crippen LogP contribution in [-0.2, 0) is 13.1 Å². The van der Waals surface area contributed by atoms with E-state index in [4.69, 9.17) is 11.6 Å². The fourth-order valence-electron chi connectivity index (χ4n) is 3.70. The number of nitrogens with zero attached hydrogens (tertiary/aromatic N) is 4. The van der Waals surface area contributed by atoms with Crippen molar-refractivity contribution in [3.63, 3.8) is 0 Å². The summed E-state index contributed by atoms with van der Waals surface area (Å²) in [7, 11) is 0. The molecule has 0 aliphatic carbocycles. The number of para-hydroxylation sites is 1. The lowest BCUT2D eigenvalue weighted by atomic mass is 10.1. The van der Waals surface area contributed by atoms with Crippen molar-refractivity contribution in [1.82, 2.24) is 25.0 Å². The first-order chi connectivity index (χ1) is 15.0. The molecule has 0 atom stereocenters. The predicted molar refractivity (Wildman–Crippen MR) is 119 cm³/mol. The van der Waals surface area contributed by atoms with Gasteiger partial charge in [-0.25, -0.2) is 9.67 Å². The van der Waals surface area contributed by atoms with Crippen LogP contribution in [0.25, 0.3) is 5.69 Å². The molecular formula is C23H26ClN5O2. The molecule has 1 aliphatic rings. The van der Waals surface area contributed by atoms with Gasteiger partial charge in [0.05, 0.1) is 16.8 Å². The highest BCUT2D eigenvalue weighted by Crippen LogP contribution is 2.20. The van der Waals surface area contributed by atoms with E-state index in [1.54, 1.807) is 17.7 Å². The van der Waals surface area contributed by atoms with Gasteiger partial charge < -0.3 is 10.4 Å². The summed E-state index contributed by atoms with van der Waals surface area (Å²) in [5.74, 6) is 0.374. The lowest BCUT2D eigenvalue weighted by molar-refractivity contribution is 0.0792. The van der Waals surface area contributed by atoms with Gasteiger partial charge in [-0.1, -0.05) is 48.0 Å². The van der Waals surface area contributed by atoms with E-state index in [0.717, 1.165) is 38.0 Å². The molecule has 0 bridgehead atoms. The minimum Gasteiger partial charge on any atom is -0.393 e. The molecule has 7 nitrogen and oxygen atoms in total. The minimum atomic E-state index is -0.329. The van der Waals surface area contributed by atoms with Gasteiger partial charge in [-0.3, -0.25) is 9.69 Å². The number of hydrogen-bond donors (Lipinski definition) is 2. The van der Waals surface area contributed by atoms with Crippen LogP contribution in [0.5, 0.6) is 0 Å². The van der Waals surface area contributed by atoms with Crippen LogP contribution in [0.4, 0.5) is 0 Å². The van der Waals surface area contributed by atoms with Gasteiger partial charge in [0.1, 0.15) is 5.82 Å². The molecule has 1 saturated heterocycles. The summed E-state index contributed by atoms with van der Waals surface area (Å²) in [4.78, 5) is 19.2. The number of aryl methyl sites for hydroxylation is 1. The molecule has 162 valence electrons. The Morgan fingerprint density at radius 2 is 1.81 bits per heavy atom. The monoisotopic (exact) mass is 439 g/mol. The van der Waals surface area contributed by atoms with E-state index in [-0.39, 0.29) is 17.8 Å². The number of aliphatic hydroxyl groups is 1. The van der Waals surface area contributed by atoms with Crippen molar-refractivity contribution < 1.29 is 9.90 Å². The number of rotatable bonds is 6. The lowest BCUT2D eigenvalue weighted by Crippen LogP contribution is -2.35. The first-order valence-corrected chi connectivity index (χ1v) is 10.8. The van der Waals surface area contributed by atoms with Crippen molar-refractivity contribution in [2.45, 2.75) is 39.0 Å². The smallest absolute Gasteiger partial charge is 0.291 e. The predicted octanol–water partition coefficient (Wildman–Crippen LogP) is 3.12. The van der Waals surface area contributed by atoms with Crippen molar-refractivity contribution in [2.75, 3.05) is 13.1 Å². The summed E-state index contributed by atoms with van der Waals surface area (Å²) in [5.41, 5.74) is 2.92. The molecule has 31 heavy (non-hydrogen) atoms. The number of benzene rings is 2. The molecule has 0 unspecified atom stereocenters. The fourth-order valence-corrected chi connectivity index (χ4v) is 3.91. The lowest BCUT2D eigenvalue weighted by Gasteiger charge is -2.29. The maximum Gasteiger partial charge on any atom is 0.291 e. The number of amides is 1. The van der Waals surface area contributed by atoms with Gasteiger partial charge in [0.2, 0.25) is 5.82 Å². The second kappa shape index (κ2) is 9.60. The highest BCUT2D eigenvalue weighted by molar-refractivity contribution is 6.32. The number of hydrogen-bond acceptors (Lipinski definition) is 5. The van der Waals surface area contributed by atoms with Gasteiger partial charge in [-0.2, -0.15) is 0 Å². The van der Waals surface area contributed by atoms with Crippen molar-refractivity contribution in [3.8, 4) is 5.69 Å². The van der Waals surface area contributed by atoms with Gasteiger partial charge in [0.25, 0.3) is 5.91 Å². The van der Waals surface area contributed by atoms with Crippen LogP contribution in [0.1, 0.15) is 40.4 Å². The molecule has 0 saturated carbocycles. The zero-order chi connectivity index (χ0) is 21.8. The van der Waals surface area contributed by atoms with Crippen LogP contribution in [0.2, 0.25) is 5.02 Å². The van der Waals surface area contributed by atoms with E-state index >= 15 is 0 Å². The van der Waals surface area contributed by atoms with E-state index in [1.165, 1.54) is 5.56 Å². The second-order valence-electron chi connectivity index (χ2n) is 7.85. The number of aromatic nitrogens is 3. The Labute approximate surface area is 186 Å². The first-order valence-electron chi connectivity index (χ1n) is 10.4. The molecule has 0 radical (unpaired) electrons. The standard InChI is InChI=1S/C23H26ClN5O2/c1-16-26-22(27-29(16)21-5-3-2-4-20(21)24)23(31)25-14-17-6-8-18(9-7-17)15-28-12-10-19(30)11-13-28/h2-9,19,30H,10-15H2,1H3,(H,25,31). The minimum absolute atomic E-state index is 0.112. The summed E-state index contributed by atoms with van der Waals surface area (Å²) in [6.07, 6.45) is 1.52. The average Bonchev–Trinajstić information content (AvgIpc) is 3.16. The van der Waals surface area contributed by atoms with E-state index in [0.29, 0.717) is 23.1 Å². The van der Waals surface area contributed by atoms with Crippen LogP contribution in [-0.4, -0.2) is 49.9 Å². The van der Waals surface area contributed by atoms with Gasteiger partial charge >= 0.3 is 0 Å². The third-order valence-electron chi connectivity index (χ3n) is 5.49. The highest BCUT2D eigenvalue weighted by Gasteiger charge is 2.18. The van der Waals surface area contributed by atoms with Crippen LogP contribution >= 0.6 is 11.6 Å². The summed E-state index contributed by atoms with van der Waals surface area (Å²) in [6.45, 7) is 4.91. The highest BCUT2D eigenvalue weighted by atomic mass is 35.5. The summed E-state index contributed by atoms with van der Waals surface area (Å²) >= 11 is 6.24. The third kappa shape index (κ3) is 5.31. The van der Waals surface area contributed by atoms with Crippen LogP contribution < -0.4 is 5.32 Å². The SMILES string of the molecule is Cc1nc(C(=O)NCc2ccc(CN3CCC(O)CC3)cc2)nn1-c1ccccc1Cl. The zero-order valence-corrected chi connectivity index (χ0v) is 18.2. The van der Waals surface area contributed by atoms with Crippen molar-refractivity contribution >= 4 is 17.5 Å². The Morgan fingerprint density at radius 3 is 2.52 bits per heavy atom. The zero-order valence-electron chi connectivity index (χ0n) is 17.5. The second-order valence-corrected chi connectivity index (χ2v) is 8.26. The Bertz CT molecular complexity index is 1040. The summed E-state index contributed by atoms with van der Waals surface area (Å²) in [6, 6.07) is 15.5. The number of piperidine rings is 1. The number of likely N-dealkylation sites (tertiary alicyclic amines) is 1. The number of carbonyl (C=O) groups is 1. The molecule has 1 fully saturated rings. The molecule has 2 N–H and O–H groups in total. The van der Waals surface area contributed by atoms with Gasteiger partial charge in [0.15, 0.2) is 0 Å². The van der Waals surface area contributed by atoms with E-state index < -0.39 is 0 Å². The molecule has 2 heterocycles. The first kappa shape index (κ1) is 21.5. The Morgan fingerprint density at radius 1 is 1.13 bits per heavy atom. The molecule has 1 amide bonds. The topological polar surface area (TPSA) is 83.3 Å². The van der Waals surface area contributed by atoms with Gasteiger partial charge in [0, 0.05) is 26.2 Å². The molecule has 1 aromatic heterocycles. The largest absolute Gasteiger partial charge is 0.393 e. The molecule has 8 heteroatoms. The Hall–Kier alpha value is -2.74. The quantitative estimate of drug-likeness (QED) is 0.616. The van der Waals surface area contributed by atoms with E-state index in [2.05, 4.69) is 32.4 Å².